The maximum absolute atomic E-state index is 11.5. The van der Waals surface area contributed by atoms with Crippen LogP contribution in [0.1, 0.15) is 19.3 Å². The molecule has 0 atom stereocenters. The van der Waals surface area contributed by atoms with Gasteiger partial charge >= 0.3 is 0 Å². The molecule has 2 N–H and O–H groups in total. The molecule has 1 aromatic rings. The molecule has 0 spiro atoms. The van der Waals surface area contributed by atoms with Gasteiger partial charge in [-0.05, 0) is 25.0 Å². The van der Waals surface area contributed by atoms with Crippen LogP contribution in [0.25, 0.3) is 0 Å². The molecule has 1 aromatic carbocycles. The van der Waals surface area contributed by atoms with Crippen LogP contribution < -0.4 is 15.6 Å². The van der Waals surface area contributed by atoms with E-state index in [1.165, 1.54) is 0 Å². The largest absolute Gasteiger partial charge is 0.482 e. The van der Waals surface area contributed by atoms with Crippen LogP contribution in [0.15, 0.2) is 24.3 Å². The molecule has 2 amide bonds. The topological polar surface area (TPSA) is 67.4 Å². The number of para-hydroxylation sites is 1. The second-order valence-corrected chi connectivity index (χ2v) is 4.79. The van der Waals surface area contributed by atoms with E-state index in [1.54, 1.807) is 24.3 Å². The molecule has 19 heavy (non-hydrogen) atoms. The Morgan fingerprint density at radius 2 is 2.00 bits per heavy atom. The van der Waals surface area contributed by atoms with Gasteiger partial charge < -0.3 is 4.74 Å². The van der Waals surface area contributed by atoms with Gasteiger partial charge in [-0.15, -0.1) is 0 Å². The second-order valence-electron chi connectivity index (χ2n) is 4.38. The first kappa shape index (κ1) is 13.7. The SMILES string of the molecule is O=C(COc1ccccc1Cl)NNC(=O)C1CCC1. The Morgan fingerprint density at radius 1 is 1.26 bits per heavy atom. The van der Waals surface area contributed by atoms with E-state index in [0.29, 0.717) is 10.8 Å². The molecule has 1 fully saturated rings. The summed E-state index contributed by atoms with van der Waals surface area (Å²) < 4.78 is 5.24. The molecular weight excluding hydrogens is 268 g/mol. The first-order valence-electron chi connectivity index (χ1n) is 6.13. The molecule has 0 unspecified atom stereocenters. The van der Waals surface area contributed by atoms with Gasteiger partial charge in [-0.25, -0.2) is 0 Å². The van der Waals surface area contributed by atoms with E-state index in [-0.39, 0.29) is 18.4 Å². The lowest BCUT2D eigenvalue weighted by atomic mass is 9.85. The van der Waals surface area contributed by atoms with E-state index in [9.17, 15) is 9.59 Å². The Bertz CT molecular complexity index is 475. The number of carbonyl (C=O) groups excluding carboxylic acids is 2. The van der Waals surface area contributed by atoms with Gasteiger partial charge in [0.05, 0.1) is 5.02 Å². The molecule has 0 radical (unpaired) electrons. The van der Waals surface area contributed by atoms with Crippen LogP contribution in [-0.4, -0.2) is 18.4 Å². The summed E-state index contributed by atoms with van der Waals surface area (Å²) in [4.78, 5) is 22.9. The summed E-state index contributed by atoms with van der Waals surface area (Å²) in [5.41, 5.74) is 4.70. The lowest BCUT2D eigenvalue weighted by Crippen LogP contribution is -2.47. The maximum atomic E-state index is 11.5. The maximum Gasteiger partial charge on any atom is 0.276 e. The van der Waals surface area contributed by atoms with Gasteiger partial charge in [-0.3, -0.25) is 20.4 Å². The van der Waals surface area contributed by atoms with Crippen LogP contribution >= 0.6 is 11.6 Å². The highest BCUT2D eigenvalue weighted by Gasteiger charge is 2.25. The molecule has 5 nitrogen and oxygen atoms in total. The van der Waals surface area contributed by atoms with Gasteiger partial charge in [0.2, 0.25) is 5.91 Å². The first-order valence-corrected chi connectivity index (χ1v) is 6.50. The Morgan fingerprint density at radius 3 is 2.63 bits per heavy atom. The summed E-state index contributed by atoms with van der Waals surface area (Å²) in [6.07, 6.45) is 2.84. The van der Waals surface area contributed by atoms with E-state index in [0.717, 1.165) is 19.3 Å². The summed E-state index contributed by atoms with van der Waals surface area (Å²) in [5, 5.41) is 0.439. The van der Waals surface area contributed by atoms with Crippen LogP contribution in [-0.2, 0) is 9.59 Å². The number of benzene rings is 1. The highest BCUT2D eigenvalue weighted by molar-refractivity contribution is 6.32. The van der Waals surface area contributed by atoms with Crippen molar-refractivity contribution in [2.45, 2.75) is 19.3 Å². The summed E-state index contributed by atoms with van der Waals surface area (Å²) in [6.45, 7) is -0.200. The fourth-order valence-electron chi connectivity index (χ4n) is 1.64. The van der Waals surface area contributed by atoms with Crippen molar-refractivity contribution in [2.75, 3.05) is 6.61 Å². The predicted molar refractivity (Wildman–Crippen MR) is 70.6 cm³/mol. The second kappa shape index (κ2) is 6.43. The number of rotatable bonds is 4. The third kappa shape index (κ3) is 3.86. The van der Waals surface area contributed by atoms with Crippen molar-refractivity contribution in [3.05, 3.63) is 29.3 Å². The van der Waals surface area contributed by atoms with Crippen molar-refractivity contribution in [3.8, 4) is 5.75 Å². The van der Waals surface area contributed by atoms with Gasteiger partial charge in [-0.1, -0.05) is 30.2 Å². The normalized spacial score (nSPS) is 14.4. The minimum Gasteiger partial charge on any atom is -0.482 e. The van der Waals surface area contributed by atoms with Gasteiger partial charge in [-0.2, -0.15) is 0 Å². The number of hydrogen-bond acceptors (Lipinski definition) is 3. The zero-order valence-electron chi connectivity index (χ0n) is 10.3. The van der Waals surface area contributed by atoms with Crippen LogP contribution in [0.4, 0.5) is 0 Å². The quantitative estimate of drug-likeness (QED) is 0.826. The number of ether oxygens (including phenoxy) is 1. The Kier molecular flexibility index (Phi) is 4.63. The zero-order chi connectivity index (χ0) is 13.7. The predicted octanol–water partition coefficient (Wildman–Crippen LogP) is 1.67. The molecule has 0 heterocycles. The fourth-order valence-corrected chi connectivity index (χ4v) is 1.84. The molecule has 0 aliphatic heterocycles. The number of nitrogens with one attached hydrogen (secondary N) is 2. The van der Waals surface area contributed by atoms with Gasteiger partial charge in [0.25, 0.3) is 5.91 Å². The van der Waals surface area contributed by atoms with Crippen molar-refractivity contribution in [3.63, 3.8) is 0 Å². The van der Waals surface area contributed by atoms with E-state index in [1.807, 2.05) is 0 Å². The fraction of sp³-hybridized carbons (Fsp3) is 0.385. The van der Waals surface area contributed by atoms with Gasteiger partial charge in [0.1, 0.15) is 5.75 Å². The number of halogens is 1. The highest BCUT2D eigenvalue weighted by atomic mass is 35.5. The van der Waals surface area contributed by atoms with Crippen molar-refractivity contribution in [1.29, 1.82) is 0 Å². The molecule has 6 heteroatoms. The summed E-state index contributed by atoms with van der Waals surface area (Å²) in [7, 11) is 0. The van der Waals surface area contributed by atoms with Crippen molar-refractivity contribution in [1.82, 2.24) is 10.9 Å². The van der Waals surface area contributed by atoms with Crippen molar-refractivity contribution in [2.24, 2.45) is 5.92 Å². The van der Waals surface area contributed by atoms with Crippen LogP contribution in [0.5, 0.6) is 5.75 Å². The molecule has 1 aliphatic rings. The van der Waals surface area contributed by atoms with Crippen molar-refractivity contribution < 1.29 is 14.3 Å². The van der Waals surface area contributed by atoms with Crippen molar-refractivity contribution >= 4 is 23.4 Å². The summed E-state index contributed by atoms with van der Waals surface area (Å²) in [6, 6.07) is 6.88. The number of amides is 2. The number of hydrazine groups is 1. The van der Waals surface area contributed by atoms with Crippen LogP contribution in [0.2, 0.25) is 5.02 Å². The van der Waals surface area contributed by atoms with Gasteiger partial charge in [0, 0.05) is 5.92 Å². The smallest absolute Gasteiger partial charge is 0.276 e. The average Bonchev–Trinajstić information content (AvgIpc) is 2.33. The third-order valence-electron chi connectivity index (χ3n) is 3.00. The average molecular weight is 283 g/mol. The molecule has 102 valence electrons. The Labute approximate surface area is 116 Å². The minimum absolute atomic E-state index is 0.0322. The van der Waals surface area contributed by atoms with Crippen LogP contribution in [0.3, 0.4) is 0 Å². The number of hydrogen-bond donors (Lipinski definition) is 2. The summed E-state index contributed by atoms with van der Waals surface area (Å²) in [5.74, 6) is -0.0978. The van der Waals surface area contributed by atoms with E-state index in [2.05, 4.69) is 10.9 Å². The van der Waals surface area contributed by atoms with Crippen LogP contribution in [0, 0.1) is 5.92 Å². The lowest BCUT2D eigenvalue weighted by molar-refractivity contribution is -0.133. The minimum atomic E-state index is -0.424. The zero-order valence-corrected chi connectivity index (χ0v) is 11.1. The molecule has 0 aromatic heterocycles. The third-order valence-corrected chi connectivity index (χ3v) is 3.31. The first-order chi connectivity index (χ1) is 9.16. The molecule has 1 aliphatic carbocycles. The molecule has 1 saturated carbocycles. The Balaban J connectivity index is 1.70. The highest BCUT2D eigenvalue weighted by Crippen LogP contribution is 2.26. The standard InChI is InChI=1S/C13H15ClN2O3/c14-10-6-1-2-7-11(10)19-8-12(17)15-16-13(18)9-4-3-5-9/h1-2,6-7,9H,3-5,8H2,(H,15,17)(H,16,18). The summed E-state index contributed by atoms with van der Waals surface area (Å²) >= 11 is 5.88. The monoisotopic (exact) mass is 282 g/mol. The lowest BCUT2D eigenvalue weighted by Gasteiger charge is -2.23. The Hall–Kier alpha value is -1.75. The molecular formula is C13H15ClN2O3. The van der Waals surface area contributed by atoms with Gasteiger partial charge in [0.15, 0.2) is 6.61 Å². The van der Waals surface area contributed by atoms with E-state index < -0.39 is 5.91 Å². The molecule has 0 saturated heterocycles. The molecule has 2 rings (SSSR count). The van der Waals surface area contributed by atoms with E-state index in [4.69, 9.17) is 16.3 Å². The number of carbonyl (C=O) groups is 2. The van der Waals surface area contributed by atoms with E-state index >= 15 is 0 Å². The molecule has 0 bridgehead atoms.